The van der Waals surface area contributed by atoms with Gasteiger partial charge in [0.2, 0.25) is 0 Å². The van der Waals surface area contributed by atoms with Crippen LogP contribution in [0.5, 0.6) is 5.75 Å². The lowest BCUT2D eigenvalue weighted by Crippen LogP contribution is -2.25. The molecule has 0 radical (unpaired) electrons. The molecule has 3 heteroatoms. The largest absolute Gasteiger partial charge is 0.508 e. The fourth-order valence-corrected chi connectivity index (χ4v) is 3.24. The summed E-state index contributed by atoms with van der Waals surface area (Å²) < 4.78 is 0. The second-order valence-corrected chi connectivity index (χ2v) is 5.26. The zero-order valence-electron chi connectivity index (χ0n) is 8.73. The van der Waals surface area contributed by atoms with Crippen molar-refractivity contribution in [1.82, 2.24) is 0 Å². The Morgan fingerprint density at radius 1 is 1.27 bits per heavy atom. The molecule has 1 aromatic rings. The molecule has 0 bridgehead atoms. The number of aromatic hydroxyl groups is 1. The van der Waals surface area contributed by atoms with Crippen molar-refractivity contribution in [3.8, 4) is 5.75 Å². The average molecular weight is 223 g/mol. The minimum absolute atomic E-state index is 0.00731. The zero-order valence-corrected chi connectivity index (χ0v) is 9.54. The molecule has 1 heterocycles. The number of phenolic OH excluding ortho intramolecular Hbond substituents is 1. The fourth-order valence-electron chi connectivity index (χ4n) is 2.10. The van der Waals surface area contributed by atoms with E-state index >= 15 is 0 Å². The number of phenols is 1. The molecular formula is C12H17NOS. The van der Waals surface area contributed by atoms with Crippen LogP contribution in [0.1, 0.15) is 24.4 Å². The molecular weight excluding hydrogens is 206 g/mol. The molecule has 0 spiro atoms. The van der Waals surface area contributed by atoms with E-state index in [-0.39, 0.29) is 6.04 Å². The third-order valence-corrected chi connectivity index (χ3v) is 4.12. The Kier molecular flexibility index (Phi) is 3.54. The van der Waals surface area contributed by atoms with E-state index in [0.717, 1.165) is 5.56 Å². The van der Waals surface area contributed by atoms with Gasteiger partial charge >= 0.3 is 0 Å². The van der Waals surface area contributed by atoms with Crippen molar-refractivity contribution in [2.24, 2.45) is 11.7 Å². The summed E-state index contributed by atoms with van der Waals surface area (Å²) in [7, 11) is 0. The number of nitrogens with two attached hydrogens (primary N) is 1. The summed E-state index contributed by atoms with van der Waals surface area (Å²) in [5.74, 6) is 3.26. The number of para-hydroxylation sites is 1. The van der Waals surface area contributed by atoms with Gasteiger partial charge in [-0.1, -0.05) is 18.2 Å². The molecule has 1 atom stereocenters. The maximum atomic E-state index is 9.73. The van der Waals surface area contributed by atoms with E-state index in [2.05, 4.69) is 0 Å². The van der Waals surface area contributed by atoms with Crippen molar-refractivity contribution in [3.63, 3.8) is 0 Å². The van der Waals surface area contributed by atoms with E-state index < -0.39 is 0 Å². The molecule has 0 saturated carbocycles. The third-order valence-electron chi connectivity index (χ3n) is 3.07. The lowest BCUT2D eigenvalue weighted by Gasteiger charge is -2.27. The van der Waals surface area contributed by atoms with Gasteiger partial charge in [0.05, 0.1) is 0 Å². The number of hydrogen-bond acceptors (Lipinski definition) is 3. The quantitative estimate of drug-likeness (QED) is 0.810. The highest BCUT2D eigenvalue weighted by atomic mass is 32.2. The molecule has 1 aliphatic rings. The van der Waals surface area contributed by atoms with Crippen LogP contribution >= 0.6 is 11.8 Å². The van der Waals surface area contributed by atoms with E-state index in [1.165, 1.54) is 24.3 Å². The van der Waals surface area contributed by atoms with Crippen LogP contribution in [0, 0.1) is 5.92 Å². The highest BCUT2D eigenvalue weighted by molar-refractivity contribution is 7.99. The molecule has 82 valence electrons. The first-order valence-electron chi connectivity index (χ1n) is 5.40. The summed E-state index contributed by atoms with van der Waals surface area (Å²) in [4.78, 5) is 0. The number of thioether (sulfide) groups is 1. The number of benzene rings is 1. The van der Waals surface area contributed by atoms with Gasteiger partial charge in [0.15, 0.2) is 0 Å². The van der Waals surface area contributed by atoms with Crippen molar-refractivity contribution in [2.45, 2.75) is 18.9 Å². The van der Waals surface area contributed by atoms with Crippen LogP contribution in [0.15, 0.2) is 24.3 Å². The van der Waals surface area contributed by atoms with E-state index in [0.29, 0.717) is 11.7 Å². The van der Waals surface area contributed by atoms with Crippen molar-refractivity contribution in [2.75, 3.05) is 11.5 Å². The van der Waals surface area contributed by atoms with Gasteiger partial charge in [0.25, 0.3) is 0 Å². The summed E-state index contributed by atoms with van der Waals surface area (Å²) in [5.41, 5.74) is 7.10. The third kappa shape index (κ3) is 2.47. The van der Waals surface area contributed by atoms with Crippen LogP contribution in [0.3, 0.4) is 0 Å². The van der Waals surface area contributed by atoms with Crippen molar-refractivity contribution < 1.29 is 5.11 Å². The molecule has 1 fully saturated rings. The average Bonchev–Trinajstić information content (AvgIpc) is 2.30. The lowest BCUT2D eigenvalue weighted by atomic mass is 9.89. The summed E-state index contributed by atoms with van der Waals surface area (Å²) >= 11 is 2.00. The fraction of sp³-hybridized carbons (Fsp3) is 0.500. The van der Waals surface area contributed by atoms with E-state index in [9.17, 15) is 5.11 Å². The first-order chi connectivity index (χ1) is 7.29. The molecule has 2 rings (SSSR count). The highest BCUT2D eigenvalue weighted by Crippen LogP contribution is 2.34. The van der Waals surface area contributed by atoms with Gasteiger partial charge in [-0.3, -0.25) is 0 Å². The Morgan fingerprint density at radius 3 is 2.60 bits per heavy atom. The van der Waals surface area contributed by atoms with Gasteiger partial charge in [-0.25, -0.2) is 0 Å². The molecule has 1 unspecified atom stereocenters. The second-order valence-electron chi connectivity index (χ2n) is 4.03. The van der Waals surface area contributed by atoms with Crippen LogP contribution in [0.4, 0.5) is 0 Å². The van der Waals surface area contributed by atoms with E-state index in [1.807, 2.05) is 30.0 Å². The van der Waals surface area contributed by atoms with Crippen molar-refractivity contribution in [3.05, 3.63) is 29.8 Å². The second kappa shape index (κ2) is 4.90. The maximum Gasteiger partial charge on any atom is 0.120 e. The smallest absolute Gasteiger partial charge is 0.120 e. The molecule has 2 nitrogen and oxygen atoms in total. The lowest BCUT2D eigenvalue weighted by molar-refractivity contribution is 0.385. The van der Waals surface area contributed by atoms with Crippen LogP contribution in [0.25, 0.3) is 0 Å². The summed E-state index contributed by atoms with van der Waals surface area (Å²) in [6, 6.07) is 7.41. The molecule has 1 aliphatic heterocycles. The summed E-state index contributed by atoms with van der Waals surface area (Å²) in [6.45, 7) is 0. The molecule has 1 saturated heterocycles. The van der Waals surface area contributed by atoms with Gasteiger partial charge in [0, 0.05) is 11.6 Å². The first kappa shape index (κ1) is 10.8. The Morgan fingerprint density at radius 2 is 1.93 bits per heavy atom. The Labute approximate surface area is 94.9 Å². The van der Waals surface area contributed by atoms with Crippen LogP contribution in [-0.2, 0) is 0 Å². The monoisotopic (exact) mass is 223 g/mol. The first-order valence-corrected chi connectivity index (χ1v) is 6.55. The predicted octanol–water partition coefficient (Wildman–Crippen LogP) is 2.54. The van der Waals surface area contributed by atoms with E-state index in [1.54, 1.807) is 6.07 Å². The van der Waals surface area contributed by atoms with Gasteiger partial charge in [-0.15, -0.1) is 0 Å². The molecule has 0 aliphatic carbocycles. The van der Waals surface area contributed by atoms with Crippen LogP contribution in [-0.4, -0.2) is 16.6 Å². The molecule has 15 heavy (non-hydrogen) atoms. The predicted molar refractivity (Wildman–Crippen MR) is 65.1 cm³/mol. The maximum absolute atomic E-state index is 9.73. The number of hydrogen-bond donors (Lipinski definition) is 2. The normalized spacial score (nSPS) is 20.1. The minimum Gasteiger partial charge on any atom is -0.508 e. The molecule has 0 amide bonds. The van der Waals surface area contributed by atoms with Gasteiger partial charge in [-0.2, -0.15) is 11.8 Å². The standard InChI is InChI=1S/C12H17NOS/c13-12(9-5-7-15-8-6-9)10-3-1-2-4-11(10)14/h1-4,9,12,14H,5-8,13H2. The van der Waals surface area contributed by atoms with Gasteiger partial charge in [0.1, 0.15) is 5.75 Å². The van der Waals surface area contributed by atoms with E-state index in [4.69, 9.17) is 5.73 Å². The Balaban J connectivity index is 2.12. The van der Waals surface area contributed by atoms with Crippen LogP contribution in [0.2, 0.25) is 0 Å². The van der Waals surface area contributed by atoms with Crippen molar-refractivity contribution >= 4 is 11.8 Å². The molecule has 0 aromatic heterocycles. The molecule has 1 aromatic carbocycles. The molecule has 3 N–H and O–H groups in total. The topological polar surface area (TPSA) is 46.2 Å². The van der Waals surface area contributed by atoms with Crippen molar-refractivity contribution in [1.29, 1.82) is 0 Å². The number of rotatable bonds is 2. The zero-order chi connectivity index (χ0) is 10.7. The summed E-state index contributed by atoms with van der Waals surface area (Å²) in [6.07, 6.45) is 2.33. The SMILES string of the molecule is NC(c1ccccc1O)C1CCSCC1. The minimum atomic E-state index is -0.00731. The Bertz CT molecular complexity index is 323. The summed E-state index contributed by atoms with van der Waals surface area (Å²) in [5, 5.41) is 9.73. The van der Waals surface area contributed by atoms with Gasteiger partial charge in [-0.05, 0) is 36.3 Å². The van der Waals surface area contributed by atoms with Crippen LogP contribution < -0.4 is 5.73 Å². The van der Waals surface area contributed by atoms with Gasteiger partial charge < -0.3 is 10.8 Å². The Hall–Kier alpha value is -0.670. The highest BCUT2D eigenvalue weighted by Gasteiger charge is 2.23.